The molecule has 0 saturated heterocycles. The van der Waals surface area contributed by atoms with Crippen LogP contribution in [0.3, 0.4) is 0 Å². The van der Waals surface area contributed by atoms with E-state index in [1.165, 1.54) is 6.20 Å². The molecular weight excluding hydrogens is 208 g/mol. The molecule has 0 fully saturated rings. The summed E-state index contributed by atoms with van der Waals surface area (Å²) in [5.41, 5.74) is 0.492. The van der Waals surface area contributed by atoms with Gasteiger partial charge in [-0.15, -0.1) is 0 Å². The van der Waals surface area contributed by atoms with E-state index in [2.05, 4.69) is 5.10 Å². The van der Waals surface area contributed by atoms with Crippen LogP contribution in [0.25, 0.3) is 0 Å². The first-order chi connectivity index (χ1) is 7.69. The Kier molecular flexibility index (Phi) is 4.98. The third-order valence-corrected chi connectivity index (χ3v) is 2.30. The van der Waals surface area contributed by atoms with Crippen molar-refractivity contribution in [2.75, 3.05) is 20.3 Å². The Hall–Kier alpha value is -1.36. The molecule has 0 N–H and O–H groups in total. The molecule has 0 saturated carbocycles. The summed E-state index contributed by atoms with van der Waals surface area (Å²) >= 11 is 0. The summed E-state index contributed by atoms with van der Waals surface area (Å²) in [6, 6.07) is 0.211. The number of esters is 1. The standard InChI is InChI=1S/C11H18N2O3/c1-4-16-11(14)10-7-12-13(8-10)9(2)5-6-15-3/h7-9H,4-6H2,1-3H3. The molecule has 0 aliphatic heterocycles. The topological polar surface area (TPSA) is 53.3 Å². The molecule has 0 spiro atoms. The van der Waals surface area contributed by atoms with Gasteiger partial charge in [-0.05, 0) is 20.3 Å². The Morgan fingerprint density at radius 3 is 3.00 bits per heavy atom. The Bertz CT molecular complexity index is 336. The largest absolute Gasteiger partial charge is 0.462 e. The number of methoxy groups -OCH3 is 1. The van der Waals surface area contributed by atoms with Crippen molar-refractivity contribution in [3.05, 3.63) is 18.0 Å². The highest BCUT2D eigenvalue weighted by atomic mass is 16.5. The monoisotopic (exact) mass is 226 g/mol. The van der Waals surface area contributed by atoms with Crippen LogP contribution in [0.15, 0.2) is 12.4 Å². The Balaban J connectivity index is 2.59. The number of hydrogen-bond acceptors (Lipinski definition) is 4. The maximum Gasteiger partial charge on any atom is 0.341 e. The van der Waals surface area contributed by atoms with Gasteiger partial charge >= 0.3 is 5.97 Å². The minimum absolute atomic E-state index is 0.211. The smallest absolute Gasteiger partial charge is 0.341 e. The highest BCUT2D eigenvalue weighted by Crippen LogP contribution is 2.11. The second-order valence-electron chi connectivity index (χ2n) is 3.56. The molecule has 0 amide bonds. The lowest BCUT2D eigenvalue weighted by Crippen LogP contribution is -2.08. The van der Waals surface area contributed by atoms with Gasteiger partial charge in [-0.25, -0.2) is 4.79 Å². The molecule has 0 aromatic carbocycles. The van der Waals surface area contributed by atoms with Gasteiger partial charge in [-0.1, -0.05) is 0 Å². The molecule has 1 aromatic rings. The fraction of sp³-hybridized carbons (Fsp3) is 0.636. The number of nitrogens with zero attached hydrogens (tertiary/aromatic N) is 2. The van der Waals surface area contributed by atoms with Gasteiger partial charge in [0.1, 0.15) is 0 Å². The average molecular weight is 226 g/mol. The number of hydrogen-bond donors (Lipinski definition) is 0. The maximum absolute atomic E-state index is 11.4. The lowest BCUT2D eigenvalue weighted by molar-refractivity contribution is 0.0526. The predicted molar refractivity (Wildman–Crippen MR) is 59.4 cm³/mol. The van der Waals surface area contributed by atoms with E-state index in [1.807, 2.05) is 6.92 Å². The number of carbonyl (C=O) groups is 1. The van der Waals surface area contributed by atoms with E-state index in [9.17, 15) is 4.79 Å². The zero-order valence-corrected chi connectivity index (χ0v) is 9.97. The van der Waals surface area contributed by atoms with Gasteiger partial charge in [0.2, 0.25) is 0 Å². The van der Waals surface area contributed by atoms with Gasteiger partial charge in [0, 0.05) is 19.9 Å². The third kappa shape index (κ3) is 3.34. The summed E-state index contributed by atoms with van der Waals surface area (Å²) in [5.74, 6) is -0.326. The highest BCUT2D eigenvalue weighted by Gasteiger charge is 2.12. The minimum atomic E-state index is -0.326. The van der Waals surface area contributed by atoms with Crippen LogP contribution in [0.5, 0.6) is 0 Å². The molecule has 5 nitrogen and oxygen atoms in total. The van der Waals surface area contributed by atoms with Gasteiger partial charge in [-0.3, -0.25) is 4.68 Å². The molecule has 1 rings (SSSR count). The van der Waals surface area contributed by atoms with E-state index in [0.29, 0.717) is 18.8 Å². The number of carbonyl (C=O) groups excluding carboxylic acids is 1. The third-order valence-electron chi connectivity index (χ3n) is 2.30. The van der Waals surface area contributed by atoms with Crippen LogP contribution in [0, 0.1) is 0 Å². The van der Waals surface area contributed by atoms with Gasteiger partial charge in [0.05, 0.1) is 24.4 Å². The van der Waals surface area contributed by atoms with E-state index in [-0.39, 0.29) is 12.0 Å². The van der Waals surface area contributed by atoms with Crippen LogP contribution >= 0.6 is 0 Å². The number of aromatic nitrogens is 2. The zero-order chi connectivity index (χ0) is 12.0. The van der Waals surface area contributed by atoms with Crippen molar-refractivity contribution in [2.24, 2.45) is 0 Å². The molecule has 1 atom stereocenters. The molecule has 0 aliphatic rings. The number of ether oxygens (including phenoxy) is 2. The number of rotatable bonds is 6. The zero-order valence-electron chi connectivity index (χ0n) is 9.97. The summed E-state index contributed by atoms with van der Waals surface area (Å²) in [4.78, 5) is 11.4. The van der Waals surface area contributed by atoms with Crippen molar-refractivity contribution in [3.63, 3.8) is 0 Å². The Morgan fingerprint density at radius 1 is 1.62 bits per heavy atom. The van der Waals surface area contributed by atoms with Crippen molar-refractivity contribution >= 4 is 5.97 Å². The van der Waals surface area contributed by atoms with Crippen molar-refractivity contribution in [3.8, 4) is 0 Å². The first kappa shape index (κ1) is 12.7. The van der Waals surface area contributed by atoms with Crippen LogP contribution < -0.4 is 0 Å². The molecule has 0 radical (unpaired) electrons. The molecule has 90 valence electrons. The fourth-order valence-electron chi connectivity index (χ4n) is 1.32. The summed E-state index contributed by atoms with van der Waals surface area (Å²) in [6.45, 7) is 4.86. The molecule has 1 aromatic heterocycles. The van der Waals surface area contributed by atoms with Crippen LogP contribution in [-0.4, -0.2) is 36.1 Å². The predicted octanol–water partition coefficient (Wildman–Crippen LogP) is 1.66. The van der Waals surface area contributed by atoms with E-state index in [4.69, 9.17) is 9.47 Å². The quantitative estimate of drug-likeness (QED) is 0.692. The van der Waals surface area contributed by atoms with Gasteiger partial charge in [0.15, 0.2) is 0 Å². The lowest BCUT2D eigenvalue weighted by Gasteiger charge is -2.10. The summed E-state index contributed by atoms with van der Waals surface area (Å²) in [6.07, 6.45) is 4.10. The van der Waals surface area contributed by atoms with E-state index in [1.54, 1.807) is 24.9 Å². The van der Waals surface area contributed by atoms with E-state index < -0.39 is 0 Å². The lowest BCUT2D eigenvalue weighted by atomic mass is 10.2. The van der Waals surface area contributed by atoms with Crippen LogP contribution in [-0.2, 0) is 9.47 Å². The van der Waals surface area contributed by atoms with E-state index >= 15 is 0 Å². The summed E-state index contributed by atoms with van der Waals surface area (Å²) in [7, 11) is 1.67. The van der Waals surface area contributed by atoms with Gasteiger partial charge in [0.25, 0.3) is 0 Å². The maximum atomic E-state index is 11.4. The Labute approximate surface area is 95.3 Å². The second kappa shape index (κ2) is 6.27. The van der Waals surface area contributed by atoms with Gasteiger partial charge in [-0.2, -0.15) is 5.10 Å². The fourth-order valence-corrected chi connectivity index (χ4v) is 1.32. The molecular formula is C11H18N2O3. The van der Waals surface area contributed by atoms with Crippen molar-refractivity contribution in [1.82, 2.24) is 9.78 Å². The molecule has 0 bridgehead atoms. The minimum Gasteiger partial charge on any atom is -0.462 e. The molecule has 0 aliphatic carbocycles. The SMILES string of the molecule is CCOC(=O)c1cnn(C(C)CCOC)c1. The highest BCUT2D eigenvalue weighted by molar-refractivity contribution is 5.88. The summed E-state index contributed by atoms with van der Waals surface area (Å²) < 4.78 is 11.6. The van der Waals surface area contributed by atoms with Crippen LogP contribution in [0.2, 0.25) is 0 Å². The van der Waals surface area contributed by atoms with Crippen molar-refractivity contribution < 1.29 is 14.3 Å². The van der Waals surface area contributed by atoms with Gasteiger partial charge < -0.3 is 9.47 Å². The second-order valence-corrected chi connectivity index (χ2v) is 3.56. The molecule has 16 heavy (non-hydrogen) atoms. The molecule has 1 unspecified atom stereocenters. The normalized spacial score (nSPS) is 12.4. The van der Waals surface area contributed by atoms with Crippen molar-refractivity contribution in [2.45, 2.75) is 26.3 Å². The van der Waals surface area contributed by atoms with Crippen LogP contribution in [0.4, 0.5) is 0 Å². The first-order valence-corrected chi connectivity index (χ1v) is 5.39. The van der Waals surface area contributed by atoms with E-state index in [0.717, 1.165) is 6.42 Å². The molecule has 1 heterocycles. The first-order valence-electron chi connectivity index (χ1n) is 5.39. The molecule has 5 heteroatoms. The average Bonchev–Trinajstić information content (AvgIpc) is 2.75. The summed E-state index contributed by atoms with van der Waals surface area (Å²) in [5, 5.41) is 4.13. The Morgan fingerprint density at radius 2 is 2.38 bits per heavy atom. The van der Waals surface area contributed by atoms with Crippen molar-refractivity contribution in [1.29, 1.82) is 0 Å². The van der Waals surface area contributed by atoms with Crippen LogP contribution in [0.1, 0.15) is 36.7 Å².